The van der Waals surface area contributed by atoms with Gasteiger partial charge in [0.2, 0.25) is 15.9 Å². The second-order valence-electron chi connectivity index (χ2n) is 5.93. The van der Waals surface area contributed by atoms with Crippen molar-refractivity contribution < 1.29 is 22.7 Å². The molecule has 1 fully saturated rings. The third-order valence-corrected chi connectivity index (χ3v) is 5.68. The highest BCUT2D eigenvalue weighted by molar-refractivity contribution is 7.89. The number of carbonyl (C=O) groups excluding carboxylic acids is 2. The molecule has 0 saturated carbocycles. The predicted molar refractivity (Wildman–Crippen MR) is 91.6 cm³/mol. The van der Waals surface area contributed by atoms with Crippen molar-refractivity contribution in [3.8, 4) is 0 Å². The predicted octanol–water partition coefficient (Wildman–Crippen LogP) is -0.0381. The van der Waals surface area contributed by atoms with Crippen molar-refractivity contribution in [2.45, 2.75) is 23.8 Å². The minimum absolute atomic E-state index is 0.0471. The topological polar surface area (TPSA) is 105 Å². The maximum Gasteiger partial charge on any atom is 0.251 e. The molecule has 0 aromatic heterocycles. The summed E-state index contributed by atoms with van der Waals surface area (Å²) in [6.45, 7) is 1.01. The first-order chi connectivity index (χ1) is 11.8. The highest BCUT2D eigenvalue weighted by atomic mass is 32.2. The van der Waals surface area contributed by atoms with Gasteiger partial charge in [-0.25, -0.2) is 12.7 Å². The molecule has 1 aliphatic heterocycles. The van der Waals surface area contributed by atoms with Crippen LogP contribution in [0.4, 0.5) is 0 Å². The summed E-state index contributed by atoms with van der Waals surface area (Å²) >= 11 is 0. The molecule has 138 valence electrons. The Morgan fingerprint density at radius 3 is 2.44 bits per heavy atom. The van der Waals surface area contributed by atoms with Gasteiger partial charge in [0.1, 0.15) is 0 Å². The molecule has 0 aliphatic carbocycles. The van der Waals surface area contributed by atoms with E-state index < -0.39 is 15.9 Å². The third kappa shape index (κ3) is 5.25. The van der Waals surface area contributed by atoms with Crippen LogP contribution < -0.4 is 10.6 Å². The van der Waals surface area contributed by atoms with Crippen LogP contribution in [0.5, 0.6) is 0 Å². The Kier molecular flexibility index (Phi) is 6.51. The van der Waals surface area contributed by atoms with Gasteiger partial charge in [-0.15, -0.1) is 0 Å². The van der Waals surface area contributed by atoms with E-state index >= 15 is 0 Å². The van der Waals surface area contributed by atoms with Gasteiger partial charge in [-0.05, 0) is 37.1 Å². The molecule has 1 heterocycles. The molecule has 0 radical (unpaired) electrons. The summed E-state index contributed by atoms with van der Waals surface area (Å²) in [5.41, 5.74) is 0.282. The van der Waals surface area contributed by atoms with Crippen molar-refractivity contribution in [2.75, 3.05) is 33.8 Å². The van der Waals surface area contributed by atoms with Crippen LogP contribution in [-0.4, -0.2) is 64.4 Å². The lowest BCUT2D eigenvalue weighted by Crippen LogP contribution is -2.39. The van der Waals surface area contributed by atoms with Crippen LogP contribution in [0.15, 0.2) is 29.2 Å². The number of sulfonamides is 1. The minimum Gasteiger partial charge on any atom is -0.376 e. The van der Waals surface area contributed by atoms with Gasteiger partial charge in [-0.3, -0.25) is 9.59 Å². The Labute approximate surface area is 147 Å². The summed E-state index contributed by atoms with van der Waals surface area (Å²) in [4.78, 5) is 23.9. The first kappa shape index (κ1) is 19.4. The zero-order chi connectivity index (χ0) is 18.4. The fraction of sp³-hybridized carbons (Fsp3) is 0.500. The van der Waals surface area contributed by atoms with Gasteiger partial charge in [0.05, 0.1) is 17.5 Å². The summed E-state index contributed by atoms with van der Waals surface area (Å²) in [5.74, 6) is -0.739. The molecule has 1 aromatic carbocycles. The van der Waals surface area contributed by atoms with Gasteiger partial charge >= 0.3 is 0 Å². The van der Waals surface area contributed by atoms with Crippen LogP contribution in [-0.2, 0) is 19.6 Å². The van der Waals surface area contributed by atoms with Crippen LogP contribution in [0.1, 0.15) is 23.2 Å². The molecule has 1 aliphatic rings. The second kappa shape index (κ2) is 8.41. The second-order valence-corrected chi connectivity index (χ2v) is 8.09. The lowest BCUT2D eigenvalue weighted by Gasteiger charge is -2.12. The normalized spacial score (nSPS) is 17.5. The van der Waals surface area contributed by atoms with Gasteiger partial charge in [-0.1, -0.05) is 0 Å². The van der Waals surface area contributed by atoms with Crippen molar-refractivity contribution in [2.24, 2.45) is 0 Å². The number of carbonyl (C=O) groups is 2. The number of hydrogen-bond acceptors (Lipinski definition) is 5. The quantitative estimate of drug-likeness (QED) is 0.702. The van der Waals surface area contributed by atoms with E-state index in [2.05, 4.69) is 10.6 Å². The van der Waals surface area contributed by atoms with Gasteiger partial charge < -0.3 is 15.4 Å². The van der Waals surface area contributed by atoms with Gasteiger partial charge in [0.15, 0.2) is 0 Å². The molecule has 1 unspecified atom stereocenters. The van der Waals surface area contributed by atoms with E-state index in [1.54, 1.807) is 0 Å². The van der Waals surface area contributed by atoms with Crippen LogP contribution in [0.25, 0.3) is 0 Å². The lowest BCUT2D eigenvalue weighted by molar-refractivity contribution is -0.120. The van der Waals surface area contributed by atoms with E-state index in [4.69, 9.17) is 4.74 Å². The van der Waals surface area contributed by atoms with Crippen LogP contribution >= 0.6 is 0 Å². The zero-order valence-corrected chi connectivity index (χ0v) is 15.1. The Balaban J connectivity index is 1.83. The number of benzene rings is 1. The van der Waals surface area contributed by atoms with Crippen molar-refractivity contribution in [3.63, 3.8) is 0 Å². The maximum absolute atomic E-state index is 12.0. The smallest absolute Gasteiger partial charge is 0.251 e. The molecule has 0 bridgehead atoms. The Morgan fingerprint density at radius 1 is 1.20 bits per heavy atom. The molecule has 2 amide bonds. The number of rotatable bonds is 7. The molecule has 9 heteroatoms. The Morgan fingerprint density at radius 2 is 1.88 bits per heavy atom. The number of nitrogens with one attached hydrogen (secondary N) is 2. The van der Waals surface area contributed by atoms with E-state index in [1.807, 2.05) is 0 Å². The molecule has 1 aromatic rings. The molecular weight excluding hydrogens is 346 g/mol. The zero-order valence-electron chi connectivity index (χ0n) is 14.3. The number of amides is 2. The number of nitrogens with zero attached hydrogens (tertiary/aromatic N) is 1. The monoisotopic (exact) mass is 369 g/mol. The molecule has 1 atom stereocenters. The van der Waals surface area contributed by atoms with E-state index in [0.717, 1.165) is 23.8 Å². The molecular formula is C16H23N3O5S. The standard InChI is InChI=1S/C16H23N3O5S/c1-19(2)25(22,23)14-7-5-12(6-8-14)16(21)18-11-15(20)17-10-13-4-3-9-24-13/h5-8,13H,3-4,9-11H2,1-2H3,(H,17,20)(H,18,21). The average molecular weight is 369 g/mol. The van der Waals surface area contributed by atoms with Crippen molar-refractivity contribution in [1.82, 2.24) is 14.9 Å². The van der Waals surface area contributed by atoms with Crippen molar-refractivity contribution in [1.29, 1.82) is 0 Å². The maximum atomic E-state index is 12.0. The lowest BCUT2D eigenvalue weighted by atomic mass is 10.2. The fourth-order valence-electron chi connectivity index (χ4n) is 2.35. The summed E-state index contributed by atoms with van der Waals surface area (Å²) < 4.78 is 30.4. The SMILES string of the molecule is CN(C)S(=O)(=O)c1ccc(C(=O)NCC(=O)NCC2CCCO2)cc1. The highest BCUT2D eigenvalue weighted by Gasteiger charge is 2.18. The summed E-state index contributed by atoms with van der Waals surface area (Å²) in [6.07, 6.45) is 1.97. The van der Waals surface area contributed by atoms with Gasteiger partial charge in [0.25, 0.3) is 5.91 Å². The minimum atomic E-state index is -3.53. The van der Waals surface area contributed by atoms with Gasteiger partial charge in [-0.2, -0.15) is 0 Å². The third-order valence-electron chi connectivity index (χ3n) is 3.86. The van der Waals surface area contributed by atoms with Crippen LogP contribution in [0.2, 0.25) is 0 Å². The van der Waals surface area contributed by atoms with Gasteiger partial charge in [0, 0.05) is 32.8 Å². The van der Waals surface area contributed by atoms with E-state index in [9.17, 15) is 18.0 Å². The molecule has 2 rings (SSSR count). The highest BCUT2D eigenvalue weighted by Crippen LogP contribution is 2.14. The van der Waals surface area contributed by atoms with Crippen molar-refractivity contribution in [3.05, 3.63) is 29.8 Å². The largest absolute Gasteiger partial charge is 0.376 e. The Bertz CT molecular complexity index is 710. The molecule has 25 heavy (non-hydrogen) atoms. The van der Waals surface area contributed by atoms with Crippen LogP contribution in [0, 0.1) is 0 Å². The van der Waals surface area contributed by atoms with Crippen molar-refractivity contribution >= 4 is 21.8 Å². The summed E-state index contributed by atoms with van der Waals surface area (Å²) in [6, 6.07) is 5.55. The molecule has 8 nitrogen and oxygen atoms in total. The van der Waals surface area contributed by atoms with E-state index in [0.29, 0.717) is 6.54 Å². The van der Waals surface area contributed by atoms with E-state index in [1.165, 1.54) is 38.4 Å². The summed E-state index contributed by atoms with van der Waals surface area (Å²) in [7, 11) is -0.664. The average Bonchev–Trinajstić information content (AvgIpc) is 3.11. The Hall–Kier alpha value is -1.97. The fourth-order valence-corrected chi connectivity index (χ4v) is 3.25. The molecule has 2 N–H and O–H groups in total. The first-order valence-corrected chi connectivity index (χ1v) is 9.44. The van der Waals surface area contributed by atoms with Crippen LogP contribution in [0.3, 0.4) is 0 Å². The number of hydrogen-bond donors (Lipinski definition) is 2. The first-order valence-electron chi connectivity index (χ1n) is 8.00. The molecule has 1 saturated heterocycles. The summed E-state index contributed by atoms with van der Waals surface area (Å²) in [5, 5.41) is 5.21. The molecule has 0 spiro atoms. The number of ether oxygens (including phenoxy) is 1. The van der Waals surface area contributed by atoms with E-state index in [-0.39, 0.29) is 29.0 Å².